The Bertz CT molecular complexity index is 182. The van der Waals surface area contributed by atoms with Crippen molar-refractivity contribution in [3.05, 3.63) is 0 Å². The second-order valence-electron chi connectivity index (χ2n) is 2.03. The van der Waals surface area contributed by atoms with Gasteiger partial charge in [0, 0.05) is 0 Å². The van der Waals surface area contributed by atoms with Crippen LogP contribution in [0.1, 0.15) is 6.42 Å². The van der Waals surface area contributed by atoms with Crippen LogP contribution in [-0.4, -0.2) is 33.8 Å². The summed E-state index contributed by atoms with van der Waals surface area (Å²) in [5, 5.41) is 8.47. The average Bonchev–Trinajstić information content (AvgIpc) is 2.02. The summed E-state index contributed by atoms with van der Waals surface area (Å²) >= 11 is 5.91. The Morgan fingerprint density at radius 3 is 2.25 bits per heavy atom. The third kappa shape index (κ3) is 4.06. The molecule has 0 aliphatic heterocycles. The predicted octanol–water partition coefficient (Wildman–Crippen LogP) is 1.16. The van der Waals surface area contributed by atoms with Gasteiger partial charge in [0.05, 0.1) is 7.11 Å². The van der Waals surface area contributed by atoms with Crippen LogP contribution in [-0.2, 0) is 14.3 Å². The minimum Gasteiger partial charge on any atom is -0.480 e. The molecule has 4 nitrogen and oxygen atoms in total. The van der Waals surface area contributed by atoms with Crippen molar-refractivity contribution in [3.63, 3.8) is 0 Å². The number of aliphatic carboxylic acids is 1. The van der Waals surface area contributed by atoms with E-state index in [0.29, 0.717) is 0 Å². The summed E-state index contributed by atoms with van der Waals surface area (Å²) in [5.74, 6) is -1.47. The number of methoxy groups -OCH3 is 1. The number of carbonyl (C=O) groups is 2. The lowest BCUT2D eigenvalue weighted by molar-refractivity contribution is -0.140. The molecule has 1 N–H and O–H groups in total. The molecule has 0 amide bonds. The number of carboxylic acid groups (broad SMARTS) is 1. The van der Waals surface area contributed by atoms with Crippen LogP contribution in [0.5, 0.6) is 0 Å². The van der Waals surface area contributed by atoms with E-state index in [1.807, 2.05) is 0 Å². The fourth-order valence-corrected chi connectivity index (χ4v) is 1.94. The summed E-state index contributed by atoms with van der Waals surface area (Å²) < 4.78 is 4.39. The van der Waals surface area contributed by atoms with E-state index in [1.54, 1.807) is 0 Å². The number of carbonyl (C=O) groups excluding carboxylic acids is 1. The van der Waals surface area contributed by atoms with Gasteiger partial charge < -0.3 is 9.84 Å². The molecule has 0 rings (SSSR count). The maximum Gasteiger partial charge on any atom is 0.319 e. The molecular formula is C6H8Br2O4. The minimum atomic E-state index is -0.997. The van der Waals surface area contributed by atoms with Crippen molar-refractivity contribution in [3.8, 4) is 0 Å². The number of carboxylic acids is 1. The van der Waals surface area contributed by atoms with Gasteiger partial charge in [-0.25, -0.2) is 0 Å². The van der Waals surface area contributed by atoms with Crippen molar-refractivity contribution in [2.45, 2.75) is 16.1 Å². The van der Waals surface area contributed by atoms with Crippen LogP contribution in [0.4, 0.5) is 0 Å². The minimum absolute atomic E-state index is 0.155. The number of rotatable bonds is 4. The quantitative estimate of drug-likeness (QED) is 0.625. The van der Waals surface area contributed by atoms with E-state index >= 15 is 0 Å². The molecule has 0 heterocycles. The number of halogens is 2. The van der Waals surface area contributed by atoms with Crippen LogP contribution in [0.3, 0.4) is 0 Å². The zero-order valence-electron chi connectivity index (χ0n) is 6.29. The first-order valence-corrected chi connectivity index (χ1v) is 4.91. The van der Waals surface area contributed by atoms with Gasteiger partial charge in [-0.2, -0.15) is 0 Å². The third-order valence-electron chi connectivity index (χ3n) is 1.14. The van der Waals surface area contributed by atoms with Gasteiger partial charge >= 0.3 is 11.9 Å². The summed E-state index contributed by atoms with van der Waals surface area (Å²) in [6.07, 6.45) is 0.155. The molecule has 6 heteroatoms. The topological polar surface area (TPSA) is 63.6 Å². The second kappa shape index (κ2) is 5.53. The summed E-state index contributed by atoms with van der Waals surface area (Å²) in [5.41, 5.74) is 0. The highest BCUT2D eigenvalue weighted by Crippen LogP contribution is 2.15. The first kappa shape index (κ1) is 11.9. The van der Waals surface area contributed by atoms with Crippen molar-refractivity contribution in [1.82, 2.24) is 0 Å². The van der Waals surface area contributed by atoms with Crippen LogP contribution in [0.2, 0.25) is 0 Å². The number of hydrogen-bond donors (Lipinski definition) is 1. The first-order valence-electron chi connectivity index (χ1n) is 3.07. The summed E-state index contributed by atoms with van der Waals surface area (Å²) in [4.78, 5) is 19.8. The SMILES string of the molecule is COC(=O)C(Br)CC(Br)C(=O)O. The average molecular weight is 304 g/mol. The van der Waals surface area contributed by atoms with E-state index in [0.717, 1.165) is 0 Å². The van der Waals surface area contributed by atoms with Crippen LogP contribution in [0.25, 0.3) is 0 Å². The Morgan fingerprint density at radius 1 is 1.42 bits per heavy atom. The molecule has 0 aromatic carbocycles. The maximum atomic E-state index is 10.8. The zero-order valence-corrected chi connectivity index (χ0v) is 9.46. The summed E-state index contributed by atoms with van der Waals surface area (Å²) in [7, 11) is 1.25. The van der Waals surface area contributed by atoms with Crippen LogP contribution >= 0.6 is 31.9 Å². The maximum absolute atomic E-state index is 10.8. The molecule has 0 aromatic heterocycles. The molecule has 0 saturated heterocycles. The van der Waals surface area contributed by atoms with Gasteiger partial charge in [0.25, 0.3) is 0 Å². The lowest BCUT2D eigenvalue weighted by Crippen LogP contribution is -2.23. The largest absolute Gasteiger partial charge is 0.480 e. The van der Waals surface area contributed by atoms with E-state index in [9.17, 15) is 9.59 Å². The zero-order chi connectivity index (χ0) is 9.72. The normalized spacial score (nSPS) is 14.9. The standard InChI is InChI=1S/C6H8Br2O4/c1-12-6(11)4(8)2-3(7)5(9)10/h3-4H,2H2,1H3,(H,9,10). The molecule has 0 spiro atoms. The molecule has 0 fully saturated rings. The van der Waals surface area contributed by atoms with E-state index in [2.05, 4.69) is 36.6 Å². The Labute approximate surface area is 86.5 Å². The first-order chi connectivity index (χ1) is 5.49. The van der Waals surface area contributed by atoms with Gasteiger partial charge in [-0.05, 0) is 6.42 Å². The molecule has 70 valence electrons. The fourth-order valence-electron chi connectivity index (χ4n) is 0.507. The van der Waals surface area contributed by atoms with Crippen molar-refractivity contribution in [1.29, 1.82) is 0 Å². The van der Waals surface area contributed by atoms with E-state index in [-0.39, 0.29) is 6.42 Å². The molecule has 2 unspecified atom stereocenters. The van der Waals surface area contributed by atoms with Gasteiger partial charge in [-0.3, -0.25) is 9.59 Å². The number of ether oxygens (including phenoxy) is 1. The van der Waals surface area contributed by atoms with E-state index < -0.39 is 21.6 Å². The second-order valence-corrected chi connectivity index (χ2v) is 4.24. The van der Waals surface area contributed by atoms with E-state index in [1.165, 1.54) is 7.11 Å². The van der Waals surface area contributed by atoms with Crippen molar-refractivity contribution in [2.24, 2.45) is 0 Å². The van der Waals surface area contributed by atoms with Gasteiger partial charge in [0.1, 0.15) is 9.65 Å². The predicted molar refractivity (Wildman–Crippen MR) is 49.7 cm³/mol. The smallest absolute Gasteiger partial charge is 0.319 e. The van der Waals surface area contributed by atoms with Crippen LogP contribution in [0, 0.1) is 0 Å². The van der Waals surface area contributed by atoms with Crippen molar-refractivity contribution >= 4 is 43.8 Å². The Morgan fingerprint density at radius 2 is 1.92 bits per heavy atom. The van der Waals surface area contributed by atoms with Gasteiger partial charge in [-0.15, -0.1) is 0 Å². The monoisotopic (exact) mass is 302 g/mol. The van der Waals surface area contributed by atoms with E-state index in [4.69, 9.17) is 5.11 Å². The number of hydrogen-bond acceptors (Lipinski definition) is 3. The highest BCUT2D eigenvalue weighted by Gasteiger charge is 2.23. The molecule has 12 heavy (non-hydrogen) atoms. The highest BCUT2D eigenvalue weighted by atomic mass is 79.9. The Kier molecular flexibility index (Phi) is 5.48. The summed E-state index contributed by atoms with van der Waals surface area (Å²) in [6.45, 7) is 0. The Hall–Kier alpha value is -0.100. The van der Waals surface area contributed by atoms with Crippen LogP contribution in [0.15, 0.2) is 0 Å². The molecule has 0 aromatic rings. The molecule has 0 bridgehead atoms. The van der Waals surface area contributed by atoms with Crippen molar-refractivity contribution in [2.75, 3.05) is 7.11 Å². The third-order valence-corrected chi connectivity index (χ3v) is 2.65. The molecule has 0 radical (unpaired) electrons. The Balaban J connectivity index is 3.91. The molecule has 0 saturated carbocycles. The molecule has 0 aliphatic rings. The van der Waals surface area contributed by atoms with Gasteiger partial charge in [-0.1, -0.05) is 31.9 Å². The van der Waals surface area contributed by atoms with Crippen LogP contribution < -0.4 is 0 Å². The number of alkyl halides is 2. The lowest BCUT2D eigenvalue weighted by Gasteiger charge is -2.08. The van der Waals surface area contributed by atoms with Gasteiger partial charge in [0.15, 0.2) is 0 Å². The fraction of sp³-hybridized carbons (Fsp3) is 0.667. The molecule has 0 aliphatic carbocycles. The van der Waals surface area contributed by atoms with Gasteiger partial charge in [0.2, 0.25) is 0 Å². The lowest BCUT2D eigenvalue weighted by atomic mass is 10.2. The summed E-state index contributed by atoms with van der Waals surface area (Å²) in [6, 6.07) is 0. The molecule has 2 atom stereocenters. The highest BCUT2D eigenvalue weighted by molar-refractivity contribution is 9.10. The molecular weight excluding hydrogens is 296 g/mol. The van der Waals surface area contributed by atoms with Crippen molar-refractivity contribution < 1.29 is 19.4 Å². The number of esters is 1.